The quantitative estimate of drug-likeness (QED) is 0.812. The van der Waals surface area contributed by atoms with Crippen molar-refractivity contribution >= 4 is 34.7 Å². The first kappa shape index (κ1) is 11.7. The maximum atomic E-state index is 5.70. The van der Waals surface area contributed by atoms with Crippen LogP contribution in [0.25, 0.3) is 0 Å². The molecule has 1 aromatic rings. The predicted octanol–water partition coefficient (Wildman–Crippen LogP) is 1.66. The van der Waals surface area contributed by atoms with Crippen LogP contribution in [0.3, 0.4) is 0 Å². The van der Waals surface area contributed by atoms with Crippen molar-refractivity contribution in [1.82, 2.24) is 4.98 Å². The minimum Gasteiger partial charge on any atom is -0.388 e. The lowest BCUT2D eigenvalue weighted by molar-refractivity contribution is 0.812. The van der Waals surface area contributed by atoms with Crippen LogP contribution in [0, 0.1) is 0 Å². The van der Waals surface area contributed by atoms with Crippen molar-refractivity contribution in [2.24, 2.45) is 5.73 Å². The average Bonchev–Trinajstić information content (AvgIpc) is 2.57. The van der Waals surface area contributed by atoms with E-state index < -0.39 is 0 Å². The summed E-state index contributed by atoms with van der Waals surface area (Å²) in [6.07, 6.45) is 2.95. The van der Waals surface area contributed by atoms with Gasteiger partial charge < -0.3 is 10.6 Å². The van der Waals surface area contributed by atoms with Gasteiger partial charge in [-0.15, -0.1) is 0 Å². The Balaban J connectivity index is 2.27. The summed E-state index contributed by atoms with van der Waals surface area (Å²) in [5.41, 5.74) is 7.53. The van der Waals surface area contributed by atoms with E-state index in [1.54, 1.807) is 6.20 Å². The molecule has 1 fully saturated rings. The third-order valence-electron chi connectivity index (χ3n) is 2.58. The molecule has 0 radical (unpaired) electrons. The summed E-state index contributed by atoms with van der Waals surface area (Å²) < 4.78 is 0. The molecule has 2 N–H and O–H groups in total. The number of anilines is 1. The summed E-state index contributed by atoms with van der Waals surface area (Å²) in [5.74, 6) is 2.39. The van der Waals surface area contributed by atoms with E-state index in [0.29, 0.717) is 4.99 Å². The van der Waals surface area contributed by atoms with Gasteiger partial charge >= 0.3 is 0 Å². The van der Waals surface area contributed by atoms with Gasteiger partial charge in [0, 0.05) is 25.0 Å². The summed E-state index contributed by atoms with van der Waals surface area (Å²) in [7, 11) is 0. The number of nitrogens with two attached hydrogens (primary N) is 1. The molecule has 5 heteroatoms. The lowest BCUT2D eigenvalue weighted by Gasteiger charge is -2.23. The second-order valence-corrected chi connectivity index (χ2v) is 5.35. The summed E-state index contributed by atoms with van der Waals surface area (Å²) in [6, 6.07) is 3.99. The zero-order valence-corrected chi connectivity index (χ0v) is 10.7. The Labute approximate surface area is 105 Å². The van der Waals surface area contributed by atoms with E-state index in [1.807, 2.05) is 17.8 Å². The topological polar surface area (TPSA) is 42.1 Å². The van der Waals surface area contributed by atoms with Crippen LogP contribution in [0.15, 0.2) is 18.3 Å². The van der Waals surface area contributed by atoms with Crippen LogP contribution in [-0.4, -0.2) is 34.6 Å². The molecule has 1 saturated heterocycles. The predicted molar refractivity (Wildman–Crippen MR) is 74.3 cm³/mol. The monoisotopic (exact) mass is 253 g/mol. The fourth-order valence-corrected chi connectivity index (χ4v) is 2.87. The SMILES string of the molecule is NC(=S)c1ncccc1N1CCCSCC1. The van der Waals surface area contributed by atoms with Crippen molar-refractivity contribution in [3.63, 3.8) is 0 Å². The standard InChI is InChI=1S/C11H15N3S2/c12-11(15)10-9(3-1-4-13-10)14-5-2-7-16-8-6-14/h1,3-4H,2,5-8H2,(H2,12,15). The van der Waals surface area contributed by atoms with Crippen molar-refractivity contribution < 1.29 is 0 Å². The van der Waals surface area contributed by atoms with Crippen LogP contribution in [0.2, 0.25) is 0 Å². The van der Waals surface area contributed by atoms with Gasteiger partial charge in [-0.2, -0.15) is 11.8 Å². The molecular weight excluding hydrogens is 238 g/mol. The van der Waals surface area contributed by atoms with Gasteiger partial charge in [-0.1, -0.05) is 12.2 Å². The minimum atomic E-state index is 0.382. The third kappa shape index (κ3) is 2.65. The first-order valence-electron chi connectivity index (χ1n) is 5.36. The van der Waals surface area contributed by atoms with E-state index in [4.69, 9.17) is 18.0 Å². The normalized spacial score (nSPS) is 16.9. The van der Waals surface area contributed by atoms with E-state index in [2.05, 4.69) is 16.0 Å². The Morgan fingerprint density at radius 3 is 3.12 bits per heavy atom. The van der Waals surface area contributed by atoms with Crippen molar-refractivity contribution in [1.29, 1.82) is 0 Å². The highest BCUT2D eigenvalue weighted by atomic mass is 32.2. The van der Waals surface area contributed by atoms with Gasteiger partial charge in [0.2, 0.25) is 0 Å². The van der Waals surface area contributed by atoms with Crippen LogP contribution in [-0.2, 0) is 0 Å². The number of thioether (sulfide) groups is 1. The molecule has 1 aromatic heterocycles. The fraction of sp³-hybridized carbons (Fsp3) is 0.455. The number of thiocarbonyl (C=S) groups is 1. The molecular formula is C11H15N3S2. The number of rotatable bonds is 2. The maximum Gasteiger partial charge on any atom is 0.124 e. The summed E-state index contributed by atoms with van der Waals surface area (Å²) >= 11 is 7.04. The Morgan fingerprint density at radius 1 is 1.44 bits per heavy atom. The number of nitrogens with zero attached hydrogens (tertiary/aromatic N) is 2. The first-order valence-corrected chi connectivity index (χ1v) is 6.93. The molecule has 0 saturated carbocycles. The molecule has 16 heavy (non-hydrogen) atoms. The van der Waals surface area contributed by atoms with Crippen LogP contribution < -0.4 is 10.6 Å². The molecule has 0 aromatic carbocycles. The van der Waals surface area contributed by atoms with Gasteiger partial charge in [0.25, 0.3) is 0 Å². The number of pyridine rings is 1. The molecule has 0 aliphatic carbocycles. The largest absolute Gasteiger partial charge is 0.388 e. The molecule has 0 bridgehead atoms. The van der Waals surface area contributed by atoms with Crippen LogP contribution in [0.5, 0.6) is 0 Å². The molecule has 2 rings (SSSR count). The average molecular weight is 253 g/mol. The Morgan fingerprint density at radius 2 is 2.31 bits per heavy atom. The first-order chi connectivity index (χ1) is 7.79. The highest BCUT2D eigenvalue weighted by molar-refractivity contribution is 7.99. The van der Waals surface area contributed by atoms with E-state index >= 15 is 0 Å². The number of hydrogen-bond acceptors (Lipinski definition) is 4. The van der Waals surface area contributed by atoms with Crippen molar-refractivity contribution in [3.8, 4) is 0 Å². The number of hydrogen-bond donors (Lipinski definition) is 1. The molecule has 0 atom stereocenters. The van der Waals surface area contributed by atoms with Crippen molar-refractivity contribution in [2.75, 3.05) is 29.5 Å². The van der Waals surface area contributed by atoms with Crippen molar-refractivity contribution in [3.05, 3.63) is 24.0 Å². The molecule has 0 unspecified atom stereocenters. The second kappa shape index (κ2) is 5.50. The summed E-state index contributed by atoms with van der Waals surface area (Å²) in [4.78, 5) is 6.99. The van der Waals surface area contributed by atoms with Gasteiger partial charge in [0.15, 0.2) is 0 Å². The van der Waals surface area contributed by atoms with Crippen LogP contribution in [0.4, 0.5) is 5.69 Å². The maximum absolute atomic E-state index is 5.70. The van der Waals surface area contributed by atoms with Gasteiger partial charge in [-0.05, 0) is 24.3 Å². The lowest BCUT2D eigenvalue weighted by atomic mass is 10.2. The molecule has 3 nitrogen and oxygen atoms in total. The van der Waals surface area contributed by atoms with E-state index in [-0.39, 0.29) is 0 Å². The highest BCUT2D eigenvalue weighted by Gasteiger charge is 2.15. The van der Waals surface area contributed by atoms with Gasteiger partial charge in [-0.25, -0.2) is 0 Å². The van der Waals surface area contributed by atoms with E-state index in [9.17, 15) is 0 Å². The Hall–Kier alpha value is -0.810. The lowest BCUT2D eigenvalue weighted by Crippen LogP contribution is -2.28. The second-order valence-electron chi connectivity index (χ2n) is 3.69. The molecule has 1 aliphatic heterocycles. The van der Waals surface area contributed by atoms with Crippen LogP contribution >= 0.6 is 24.0 Å². The highest BCUT2D eigenvalue weighted by Crippen LogP contribution is 2.21. The summed E-state index contributed by atoms with van der Waals surface area (Å²) in [6.45, 7) is 2.11. The Bertz CT molecular complexity index is 373. The molecule has 0 amide bonds. The van der Waals surface area contributed by atoms with Crippen LogP contribution in [0.1, 0.15) is 12.1 Å². The number of aromatic nitrogens is 1. The fourth-order valence-electron chi connectivity index (χ4n) is 1.83. The molecule has 0 spiro atoms. The van der Waals surface area contributed by atoms with E-state index in [0.717, 1.165) is 30.2 Å². The van der Waals surface area contributed by atoms with Gasteiger partial charge in [-0.3, -0.25) is 4.98 Å². The van der Waals surface area contributed by atoms with Gasteiger partial charge in [0.1, 0.15) is 10.7 Å². The minimum absolute atomic E-state index is 0.382. The Kier molecular flexibility index (Phi) is 4.01. The van der Waals surface area contributed by atoms with Gasteiger partial charge in [0.05, 0.1) is 5.69 Å². The molecule has 1 aliphatic rings. The third-order valence-corrected chi connectivity index (χ3v) is 3.82. The van der Waals surface area contributed by atoms with Crippen molar-refractivity contribution in [2.45, 2.75) is 6.42 Å². The zero-order chi connectivity index (χ0) is 11.4. The molecule has 86 valence electrons. The zero-order valence-electron chi connectivity index (χ0n) is 9.06. The smallest absolute Gasteiger partial charge is 0.124 e. The molecule has 2 heterocycles. The summed E-state index contributed by atoms with van der Waals surface area (Å²) in [5, 5.41) is 0. The van der Waals surface area contributed by atoms with E-state index in [1.165, 1.54) is 12.2 Å².